The number of rotatable bonds is 6. The molecule has 6 heteroatoms. The molecule has 2 heterocycles. The maximum atomic E-state index is 12.9. The molecule has 2 aromatic rings. The first-order valence-electron chi connectivity index (χ1n) is 9.42. The zero-order valence-corrected chi connectivity index (χ0v) is 15.6. The summed E-state index contributed by atoms with van der Waals surface area (Å²) < 4.78 is 5.40. The van der Waals surface area contributed by atoms with E-state index in [0.717, 1.165) is 18.8 Å². The molecule has 1 saturated heterocycles. The van der Waals surface area contributed by atoms with E-state index in [0.29, 0.717) is 47.4 Å². The van der Waals surface area contributed by atoms with Gasteiger partial charge < -0.3 is 10.1 Å². The third kappa shape index (κ3) is 3.67. The van der Waals surface area contributed by atoms with Crippen LogP contribution in [0.3, 0.4) is 0 Å². The fourth-order valence-electron chi connectivity index (χ4n) is 4.04. The number of carbonyl (C=O) groups is 2. The minimum atomic E-state index is -0.321. The Morgan fingerprint density at radius 2 is 2.04 bits per heavy atom. The maximum Gasteiger partial charge on any atom is 0.269 e. The Kier molecular flexibility index (Phi) is 4.93. The van der Waals surface area contributed by atoms with E-state index >= 15 is 0 Å². The molecule has 1 amide bonds. The fourth-order valence-corrected chi connectivity index (χ4v) is 4.04. The van der Waals surface area contributed by atoms with Crippen molar-refractivity contribution in [3.8, 4) is 6.07 Å². The van der Waals surface area contributed by atoms with Gasteiger partial charge in [-0.2, -0.15) is 5.26 Å². The summed E-state index contributed by atoms with van der Waals surface area (Å²) in [4.78, 5) is 29.4. The van der Waals surface area contributed by atoms with Crippen molar-refractivity contribution in [3.63, 3.8) is 0 Å². The monoisotopic (exact) mass is 375 g/mol. The first-order chi connectivity index (χ1) is 13.6. The second-order valence-electron chi connectivity index (χ2n) is 7.46. The highest BCUT2D eigenvalue weighted by Crippen LogP contribution is 2.52. The number of nitrogens with one attached hydrogen (secondary N) is 1. The van der Waals surface area contributed by atoms with Crippen LogP contribution in [-0.2, 0) is 11.2 Å². The maximum absolute atomic E-state index is 12.9. The Morgan fingerprint density at radius 3 is 2.75 bits per heavy atom. The molecular weight excluding hydrogens is 354 g/mol. The molecule has 1 saturated carbocycles. The number of nitriles is 1. The normalized spacial score (nSPS) is 22.2. The van der Waals surface area contributed by atoms with Crippen LogP contribution in [0.2, 0.25) is 0 Å². The van der Waals surface area contributed by atoms with Crippen molar-refractivity contribution < 1.29 is 14.3 Å². The number of ether oxygens (including phenoxy) is 1. The van der Waals surface area contributed by atoms with Crippen LogP contribution in [0.25, 0.3) is 0 Å². The van der Waals surface area contributed by atoms with E-state index in [1.807, 2.05) is 12.1 Å². The zero-order valence-electron chi connectivity index (χ0n) is 15.6. The lowest BCUT2D eigenvalue weighted by molar-refractivity contribution is 0.0950. The molecule has 0 radical (unpaired) electrons. The number of hydrogen-bond donors (Lipinski definition) is 1. The molecule has 1 aromatic carbocycles. The predicted molar refractivity (Wildman–Crippen MR) is 102 cm³/mol. The van der Waals surface area contributed by atoms with E-state index in [1.54, 1.807) is 31.3 Å². The van der Waals surface area contributed by atoms with Gasteiger partial charge in [-0.1, -0.05) is 12.1 Å². The third-order valence-electron chi connectivity index (χ3n) is 5.65. The second kappa shape index (κ2) is 7.53. The Balaban J connectivity index is 1.58. The predicted octanol–water partition coefficient (Wildman–Crippen LogP) is 2.37. The first-order valence-corrected chi connectivity index (χ1v) is 9.42. The van der Waals surface area contributed by atoms with Gasteiger partial charge in [-0.05, 0) is 47.6 Å². The van der Waals surface area contributed by atoms with Crippen molar-refractivity contribution in [3.05, 3.63) is 64.5 Å². The van der Waals surface area contributed by atoms with E-state index in [-0.39, 0.29) is 17.4 Å². The molecule has 2 aliphatic rings. The molecule has 142 valence electrons. The Bertz CT molecular complexity index is 969. The van der Waals surface area contributed by atoms with Crippen LogP contribution in [0.1, 0.15) is 44.1 Å². The average molecular weight is 375 g/mol. The topological polar surface area (TPSA) is 92.1 Å². The molecule has 0 bridgehead atoms. The Morgan fingerprint density at radius 1 is 1.25 bits per heavy atom. The van der Waals surface area contributed by atoms with Gasteiger partial charge in [-0.15, -0.1) is 0 Å². The molecule has 6 nitrogen and oxygen atoms in total. The number of nitrogens with zero attached hydrogens (tertiary/aromatic N) is 2. The van der Waals surface area contributed by atoms with Crippen LogP contribution in [0.5, 0.6) is 0 Å². The summed E-state index contributed by atoms with van der Waals surface area (Å²) >= 11 is 0. The van der Waals surface area contributed by atoms with Crippen LogP contribution in [0.15, 0.2) is 36.4 Å². The molecule has 0 spiro atoms. The summed E-state index contributed by atoms with van der Waals surface area (Å²) in [5.41, 5.74) is 2.87. The van der Waals surface area contributed by atoms with Gasteiger partial charge >= 0.3 is 0 Å². The number of benzene rings is 1. The van der Waals surface area contributed by atoms with Gasteiger partial charge in [0.2, 0.25) is 0 Å². The van der Waals surface area contributed by atoms with Gasteiger partial charge in [0.25, 0.3) is 5.91 Å². The van der Waals surface area contributed by atoms with Gasteiger partial charge in [0.1, 0.15) is 5.69 Å². The van der Waals surface area contributed by atoms with Gasteiger partial charge in [0.05, 0.1) is 24.8 Å². The molecule has 1 aromatic heterocycles. The van der Waals surface area contributed by atoms with Gasteiger partial charge in [0.15, 0.2) is 5.78 Å². The quantitative estimate of drug-likeness (QED) is 0.783. The van der Waals surface area contributed by atoms with Crippen molar-refractivity contribution >= 4 is 11.7 Å². The number of fused-ring (bicyclic) bond motifs is 1. The molecule has 1 N–H and O–H groups in total. The summed E-state index contributed by atoms with van der Waals surface area (Å²) in [5.74, 6) is 1.14. The van der Waals surface area contributed by atoms with Gasteiger partial charge in [-0.3, -0.25) is 9.59 Å². The molecule has 28 heavy (non-hydrogen) atoms. The van der Waals surface area contributed by atoms with E-state index in [4.69, 9.17) is 10.00 Å². The molecule has 3 atom stereocenters. The number of Topliss-reactive ketones (excluding diaryl/α,β-unsaturated/α-hetero) is 1. The fraction of sp³-hybridized carbons (Fsp3) is 0.364. The second-order valence-corrected chi connectivity index (χ2v) is 7.46. The van der Waals surface area contributed by atoms with Crippen molar-refractivity contribution in [2.24, 2.45) is 17.8 Å². The minimum absolute atomic E-state index is 0.0407. The standard InChI is InChI=1S/C22H21N3O3/c1-24-22(27)20-8-15(21(26)9-17-18-11-28-12-19(17)18)7-16(25-20)6-13-3-2-4-14(5-13)10-23/h2-5,7-8,17-19H,6,9,11-12H2,1H3,(H,24,27)/t17?,18-,19+. The summed E-state index contributed by atoms with van der Waals surface area (Å²) in [5, 5.41) is 11.6. The van der Waals surface area contributed by atoms with Gasteiger partial charge in [-0.25, -0.2) is 4.98 Å². The number of aromatic nitrogens is 1. The summed E-state index contributed by atoms with van der Waals surface area (Å²) in [7, 11) is 1.54. The number of ketones is 1. The smallest absolute Gasteiger partial charge is 0.269 e. The van der Waals surface area contributed by atoms with Crippen LogP contribution >= 0.6 is 0 Å². The van der Waals surface area contributed by atoms with E-state index in [1.165, 1.54) is 0 Å². The number of carbonyl (C=O) groups excluding carboxylic acids is 2. The van der Waals surface area contributed by atoms with Crippen molar-refractivity contribution in [2.45, 2.75) is 12.8 Å². The molecule has 1 unspecified atom stereocenters. The molecule has 4 rings (SSSR count). The van der Waals surface area contributed by atoms with Crippen LogP contribution < -0.4 is 5.32 Å². The first kappa shape index (κ1) is 18.3. The highest BCUT2D eigenvalue weighted by Gasteiger charge is 2.54. The van der Waals surface area contributed by atoms with Gasteiger partial charge in [0, 0.05) is 31.1 Å². The van der Waals surface area contributed by atoms with Crippen molar-refractivity contribution in [1.82, 2.24) is 10.3 Å². The molecular formula is C22H21N3O3. The van der Waals surface area contributed by atoms with Crippen LogP contribution in [0, 0.1) is 29.1 Å². The molecule has 1 aliphatic heterocycles. The average Bonchev–Trinajstić information content (AvgIpc) is 3.13. The molecule has 1 aliphatic carbocycles. The third-order valence-corrected chi connectivity index (χ3v) is 5.65. The summed E-state index contributed by atoms with van der Waals surface area (Å²) in [6, 6.07) is 12.7. The van der Waals surface area contributed by atoms with E-state index < -0.39 is 0 Å². The van der Waals surface area contributed by atoms with Crippen LogP contribution in [0.4, 0.5) is 0 Å². The Hall–Kier alpha value is -3.04. The zero-order chi connectivity index (χ0) is 19.7. The molecule has 2 fully saturated rings. The van der Waals surface area contributed by atoms with Crippen LogP contribution in [-0.4, -0.2) is 36.9 Å². The minimum Gasteiger partial charge on any atom is -0.381 e. The van der Waals surface area contributed by atoms with E-state index in [2.05, 4.69) is 16.4 Å². The number of pyridine rings is 1. The lowest BCUT2D eigenvalue weighted by Crippen LogP contribution is -2.21. The number of hydrogen-bond acceptors (Lipinski definition) is 5. The van der Waals surface area contributed by atoms with Crippen molar-refractivity contribution in [2.75, 3.05) is 20.3 Å². The van der Waals surface area contributed by atoms with Crippen molar-refractivity contribution in [1.29, 1.82) is 5.26 Å². The Labute approximate surface area is 163 Å². The SMILES string of the molecule is CNC(=O)c1cc(C(=O)CC2[C@H]3COC[C@@H]23)cc(Cc2cccc(C#N)c2)n1. The number of amides is 1. The largest absolute Gasteiger partial charge is 0.381 e. The lowest BCUT2D eigenvalue weighted by atomic mass is 10.0. The highest BCUT2D eigenvalue weighted by molar-refractivity contribution is 6.00. The lowest BCUT2D eigenvalue weighted by Gasteiger charge is -2.09. The highest BCUT2D eigenvalue weighted by atomic mass is 16.5. The summed E-state index contributed by atoms with van der Waals surface area (Å²) in [6.45, 7) is 1.51. The van der Waals surface area contributed by atoms with E-state index in [9.17, 15) is 9.59 Å². The summed E-state index contributed by atoms with van der Waals surface area (Å²) in [6.07, 6.45) is 0.933.